The summed E-state index contributed by atoms with van der Waals surface area (Å²) in [6, 6.07) is 7.74. The number of thioether (sulfide) groups is 1. The number of nitrogens with one attached hydrogen (secondary N) is 2. The second-order valence-corrected chi connectivity index (χ2v) is 7.09. The number of aryl methyl sites for hydroxylation is 1. The maximum absolute atomic E-state index is 12.1. The highest BCUT2D eigenvalue weighted by molar-refractivity contribution is 7.98. The van der Waals surface area contributed by atoms with Crippen LogP contribution in [0.25, 0.3) is 0 Å². The molecule has 0 aromatic heterocycles. The van der Waals surface area contributed by atoms with E-state index in [4.69, 9.17) is 0 Å². The summed E-state index contributed by atoms with van der Waals surface area (Å²) in [5, 5.41) is 5.52. The zero-order chi connectivity index (χ0) is 17.4. The van der Waals surface area contributed by atoms with Crippen molar-refractivity contribution in [3.05, 3.63) is 29.8 Å². The molecule has 1 atom stereocenters. The smallest absolute Gasteiger partial charge is 0.313 e. The van der Waals surface area contributed by atoms with Gasteiger partial charge in [-0.05, 0) is 62.1 Å². The summed E-state index contributed by atoms with van der Waals surface area (Å²) in [5.74, 6) is -0.0746. The van der Waals surface area contributed by atoms with E-state index in [1.165, 1.54) is 5.56 Å². The third kappa shape index (κ3) is 5.83. The quantitative estimate of drug-likeness (QED) is 0.773. The van der Waals surface area contributed by atoms with E-state index in [9.17, 15) is 9.59 Å². The van der Waals surface area contributed by atoms with E-state index in [0.717, 1.165) is 44.6 Å². The van der Waals surface area contributed by atoms with Crippen LogP contribution < -0.4 is 10.6 Å². The molecule has 0 radical (unpaired) electrons. The molecule has 0 bridgehead atoms. The molecule has 1 saturated heterocycles. The van der Waals surface area contributed by atoms with Crippen LogP contribution >= 0.6 is 11.8 Å². The summed E-state index contributed by atoms with van der Waals surface area (Å²) in [7, 11) is 0. The number of amides is 2. The first-order valence-electron chi connectivity index (χ1n) is 8.54. The van der Waals surface area contributed by atoms with Crippen LogP contribution in [-0.2, 0) is 16.0 Å². The summed E-state index contributed by atoms with van der Waals surface area (Å²) in [4.78, 5) is 26.4. The normalized spacial score (nSPS) is 18.2. The van der Waals surface area contributed by atoms with Crippen LogP contribution in [0.15, 0.2) is 24.3 Å². The molecule has 1 aliphatic heterocycles. The molecule has 1 aliphatic rings. The number of anilines is 1. The number of rotatable bonds is 6. The summed E-state index contributed by atoms with van der Waals surface area (Å²) < 4.78 is 0. The van der Waals surface area contributed by atoms with E-state index in [1.54, 1.807) is 0 Å². The number of nitrogens with zero attached hydrogens (tertiary/aromatic N) is 1. The fourth-order valence-electron chi connectivity index (χ4n) is 2.87. The van der Waals surface area contributed by atoms with Crippen molar-refractivity contribution >= 4 is 29.3 Å². The van der Waals surface area contributed by atoms with Gasteiger partial charge in [0.15, 0.2) is 0 Å². The molecular weight excluding hydrogens is 322 g/mol. The van der Waals surface area contributed by atoms with Crippen LogP contribution in [0.4, 0.5) is 5.69 Å². The number of hydrogen-bond acceptors (Lipinski definition) is 4. The Bertz CT molecular complexity index is 548. The van der Waals surface area contributed by atoms with Crippen LogP contribution in [0.5, 0.6) is 0 Å². The van der Waals surface area contributed by atoms with Gasteiger partial charge in [0.1, 0.15) is 0 Å². The minimum Gasteiger partial charge on any atom is -0.344 e. The van der Waals surface area contributed by atoms with Gasteiger partial charge in [-0.1, -0.05) is 19.1 Å². The molecule has 1 aromatic carbocycles. The number of likely N-dealkylation sites (tertiary alicyclic amines) is 1. The lowest BCUT2D eigenvalue weighted by Crippen LogP contribution is -2.50. The van der Waals surface area contributed by atoms with Gasteiger partial charge in [0.05, 0.1) is 0 Å². The zero-order valence-corrected chi connectivity index (χ0v) is 15.3. The average molecular weight is 350 g/mol. The topological polar surface area (TPSA) is 61.4 Å². The Labute approximate surface area is 148 Å². The van der Waals surface area contributed by atoms with Gasteiger partial charge in [0, 0.05) is 18.3 Å². The van der Waals surface area contributed by atoms with Gasteiger partial charge in [0.25, 0.3) is 0 Å². The van der Waals surface area contributed by atoms with Gasteiger partial charge >= 0.3 is 11.8 Å². The van der Waals surface area contributed by atoms with Crippen molar-refractivity contribution in [2.45, 2.75) is 32.2 Å². The van der Waals surface area contributed by atoms with Crippen molar-refractivity contribution < 1.29 is 9.59 Å². The van der Waals surface area contributed by atoms with Crippen LogP contribution in [0, 0.1) is 0 Å². The Kier molecular flexibility index (Phi) is 7.59. The van der Waals surface area contributed by atoms with Gasteiger partial charge < -0.3 is 15.5 Å². The number of piperidine rings is 1. The molecule has 1 fully saturated rings. The Morgan fingerprint density at radius 1 is 1.25 bits per heavy atom. The maximum atomic E-state index is 12.1. The number of hydrogen-bond donors (Lipinski definition) is 2. The van der Waals surface area contributed by atoms with Crippen molar-refractivity contribution in [1.82, 2.24) is 10.2 Å². The van der Waals surface area contributed by atoms with Crippen LogP contribution in [-0.4, -0.2) is 54.4 Å². The Hall–Kier alpha value is -1.53. The second-order valence-electron chi connectivity index (χ2n) is 6.10. The summed E-state index contributed by atoms with van der Waals surface area (Å²) >= 11 is 1.81. The first-order chi connectivity index (χ1) is 11.6. The third-order valence-electron chi connectivity index (χ3n) is 4.30. The predicted octanol–water partition coefficient (Wildman–Crippen LogP) is 2.13. The molecule has 0 aliphatic carbocycles. The largest absolute Gasteiger partial charge is 0.344 e. The van der Waals surface area contributed by atoms with Crippen molar-refractivity contribution in [3.63, 3.8) is 0 Å². The minimum atomic E-state index is -0.597. The van der Waals surface area contributed by atoms with E-state index >= 15 is 0 Å². The van der Waals surface area contributed by atoms with Crippen molar-refractivity contribution in [1.29, 1.82) is 0 Å². The van der Waals surface area contributed by atoms with E-state index in [2.05, 4.69) is 28.7 Å². The number of benzene rings is 1. The van der Waals surface area contributed by atoms with Gasteiger partial charge in [0.2, 0.25) is 0 Å². The van der Waals surface area contributed by atoms with Gasteiger partial charge in [-0.15, -0.1) is 0 Å². The van der Waals surface area contributed by atoms with Crippen molar-refractivity contribution in [2.75, 3.05) is 37.0 Å². The van der Waals surface area contributed by atoms with Crippen LogP contribution in [0.1, 0.15) is 25.3 Å². The molecule has 2 N–H and O–H groups in total. The third-order valence-corrected chi connectivity index (χ3v) is 4.91. The fraction of sp³-hybridized carbons (Fsp3) is 0.556. The van der Waals surface area contributed by atoms with E-state index in [1.807, 2.05) is 36.0 Å². The first kappa shape index (κ1) is 18.8. The van der Waals surface area contributed by atoms with Crippen LogP contribution in [0.3, 0.4) is 0 Å². The summed E-state index contributed by atoms with van der Waals surface area (Å²) in [5.41, 5.74) is 1.88. The number of likely N-dealkylation sites (N-methyl/N-ethyl adjacent to an activating group) is 1. The minimum absolute atomic E-state index is 0.0610. The fourth-order valence-corrected chi connectivity index (χ4v) is 3.31. The van der Waals surface area contributed by atoms with E-state index < -0.39 is 11.8 Å². The number of carbonyl (C=O) groups is 2. The maximum Gasteiger partial charge on any atom is 0.313 e. The molecular formula is C18H27N3O2S. The molecule has 0 saturated carbocycles. The first-order valence-corrected chi connectivity index (χ1v) is 9.93. The van der Waals surface area contributed by atoms with E-state index in [0.29, 0.717) is 5.69 Å². The van der Waals surface area contributed by atoms with E-state index in [-0.39, 0.29) is 6.04 Å². The molecule has 2 rings (SSSR count). The average Bonchev–Trinajstić information content (AvgIpc) is 2.61. The van der Waals surface area contributed by atoms with Gasteiger partial charge in [-0.2, -0.15) is 11.8 Å². The van der Waals surface area contributed by atoms with Crippen molar-refractivity contribution in [3.8, 4) is 0 Å². The van der Waals surface area contributed by atoms with Gasteiger partial charge in [-0.3, -0.25) is 9.59 Å². The SMILES string of the molecule is CCN1CCC[C@H](NC(=O)C(=O)Nc2ccc(CCSC)cc2)C1. The molecule has 1 aromatic rings. The predicted molar refractivity (Wildman–Crippen MR) is 100 cm³/mol. The molecule has 1 heterocycles. The highest BCUT2D eigenvalue weighted by Gasteiger charge is 2.23. The highest BCUT2D eigenvalue weighted by atomic mass is 32.2. The van der Waals surface area contributed by atoms with Crippen LogP contribution in [0.2, 0.25) is 0 Å². The molecule has 0 spiro atoms. The Balaban J connectivity index is 1.81. The van der Waals surface area contributed by atoms with Gasteiger partial charge in [-0.25, -0.2) is 0 Å². The summed E-state index contributed by atoms with van der Waals surface area (Å²) in [6.45, 7) is 4.97. The molecule has 6 heteroatoms. The molecule has 5 nitrogen and oxygen atoms in total. The lowest BCUT2D eigenvalue weighted by molar-refractivity contribution is -0.136. The zero-order valence-electron chi connectivity index (χ0n) is 14.5. The second kappa shape index (κ2) is 9.69. The molecule has 2 amide bonds. The van der Waals surface area contributed by atoms with Crippen molar-refractivity contribution in [2.24, 2.45) is 0 Å². The Morgan fingerprint density at radius 3 is 2.67 bits per heavy atom. The highest BCUT2D eigenvalue weighted by Crippen LogP contribution is 2.12. The molecule has 132 valence electrons. The monoisotopic (exact) mass is 349 g/mol. The molecule has 0 unspecified atom stereocenters. The lowest BCUT2D eigenvalue weighted by atomic mass is 10.1. The molecule has 24 heavy (non-hydrogen) atoms. The Morgan fingerprint density at radius 2 is 2.00 bits per heavy atom. The standard InChI is InChI=1S/C18H27N3O2S/c1-3-21-11-4-5-16(13-21)20-18(23)17(22)19-15-8-6-14(7-9-15)10-12-24-2/h6-9,16H,3-5,10-13H2,1-2H3,(H,19,22)(H,20,23)/t16-/m0/s1. The summed E-state index contributed by atoms with van der Waals surface area (Å²) in [6.07, 6.45) is 5.07. The lowest BCUT2D eigenvalue weighted by Gasteiger charge is -2.32. The number of carbonyl (C=O) groups excluding carboxylic acids is 2.